The van der Waals surface area contributed by atoms with Crippen molar-refractivity contribution in [1.29, 1.82) is 0 Å². The minimum atomic E-state index is 0.0973. The molecule has 1 unspecified atom stereocenters. The van der Waals surface area contributed by atoms with Crippen molar-refractivity contribution in [3.8, 4) is 0 Å². The normalized spacial score (nSPS) is 17.1. The lowest BCUT2D eigenvalue weighted by Crippen LogP contribution is -2.49. The van der Waals surface area contributed by atoms with Gasteiger partial charge >= 0.3 is 0 Å². The van der Waals surface area contributed by atoms with Crippen molar-refractivity contribution in [3.63, 3.8) is 0 Å². The van der Waals surface area contributed by atoms with Crippen molar-refractivity contribution < 1.29 is 4.79 Å². The van der Waals surface area contributed by atoms with Crippen LogP contribution in [0.5, 0.6) is 0 Å². The molecule has 1 aromatic carbocycles. The van der Waals surface area contributed by atoms with Crippen molar-refractivity contribution in [2.75, 3.05) is 29.9 Å². The lowest BCUT2D eigenvalue weighted by atomic mass is 10.1. The number of amides is 1. The van der Waals surface area contributed by atoms with Gasteiger partial charge in [0.25, 0.3) is 0 Å². The van der Waals surface area contributed by atoms with E-state index in [1.54, 1.807) is 11.9 Å². The van der Waals surface area contributed by atoms with Crippen molar-refractivity contribution in [2.24, 2.45) is 5.73 Å². The maximum absolute atomic E-state index is 11.9. The highest BCUT2D eigenvalue weighted by Crippen LogP contribution is 2.35. The topological polar surface area (TPSA) is 49.6 Å². The van der Waals surface area contributed by atoms with Gasteiger partial charge in [0, 0.05) is 24.1 Å². The Morgan fingerprint density at radius 1 is 1.47 bits per heavy atom. The van der Waals surface area contributed by atoms with E-state index in [0.717, 1.165) is 15.8 Å². The minimum Gasteiger partial charge on any atom is -0.357 e. The molecule has 4 nitrogen and oxygen atoms in total. The van der Waals surface area contributed by atoms with Gasteiger partial charge in [-0.1, -0.05) is 15.9 Å². The third-order valence-electron chi connectivity index (χ3n) is 3.16. The molecule has 0 fully saturated rings. The van der Waals surface area contributed by atoms with E-state index >= 15 is 0 Å². The third-order valence-corrected chi connectivity index (χ3v) is 3.65. The Balaban J connectivity index is 2.50. The molecule has 1 aliphatic heterocycles. The molecular weight excluding hydrogens is 282 g/mol. The quantitative estimate of drug-likeness (QED) is 0.902. The first-order valence-electron chi connectivity index (χ1n) is 5.57. The summed E-state index contributed by atoms with van der Waals surface area (Å²) in [7, 11) is 1.81. The lowest BCUT2D eigenvalue weighted by molar-refractivity contribution is -0.117. The molecule has 17 heavy (non-hydrogen) atoms. The monoisotopic (exact) mass is 297 g/mol. The van der Waals surface area contributed by atoms with Crippen molar-refractivity contribution in [3.05, 3.63) is 22.7 Å². The second kappa shape index (κ2) is 4.66. The van der Waals surface area contributed by atoms with Gasteiger partial charge in [0.15, 0.2) is 0 Å². The Labute approximate surface area is 110 Å². The number of anilines is 2. The molecule has 1 aliphatic rings. The zero-order valence-electron chi connectivity index (χ0n) is 9.98. The summed E-state index contributed by atoms with van der Waals surface area (Å²) in [5, 5.41) is 0. The minimum absolute atomic E-state index is 0.0973. The summed E-state index contributed by atoms with van der Waals surface area (Å²) >= 11 is 3.46. The Morgan fingerprint density at radius 3 is 2.82 bits per heavy atom. The van der Waals surface area contributed by atoms with Crippen LogP contribution < -0.4 is 15.5 Å². The molecule has 0 saturated carbocycles. The summed E-state index contributed by atoms with van der Waals surface area (Å²) in [5.41, 5.74) is 7.69. The maximum atomic E-state index is 11.9. The molecule has 1 amide bonds. The first kappa shape index (κ1) is 12.4. The predicted molar refractivity (Wildman–Crippen MR) is 73.4 cm³/mol. The van der Waals surface area contributed by atoms with Crippen molar-refractivity contribution in [1.82, 2.24) is 0 Å². The number of rotatable bonds is 2. The maximum Gasteiger partial charge on any atom is 0.246 e. The second-order valence-electron chi connectivity index (χ2n) is 4.30. The lowest BCUT2D eigenvalue weighted by Gasteiger charge is -2.38. The molecule has 0 saturated heterocycles. The first-order chi connectivity index (χ1) is 8.04. The Bertz CT molecular complexity index is 449. The summed E-state index contributed by atoms with van der Waals surface area (Å²) in [4.78, 5) is 15.7. The zero-order chi connectivity index (χ0) is 12.6. The molecular formula is C12H16BrN3O. The number of nitrogens with zero attached hydrogens (tertiary/aromatic N) is 2. The summed E-state index contributed by atoms with van der Waals surface area (Å²) in [6.07, 6.45) is 0. The highest BCUT2D eigenvalue weighted by atomic mass is 79.9. The van der Waals surface area contributed by atoms with Gasteiger partial charge in [-0.05, 0) is 25.1 Å². The molecule has 5 heteroatoms. The molecule has 0 aliphatic carbocycles. The number of benzene rings is 1. The molecule has 0 spiro atoms. The molecule has 1 atom stereocenters. The molecule has 0 aromatic heterocycles. The number of fused-ring (bicyclic) bond motifs is 1. The van der Waals surface area contributed by atoms with Crippen LogP contribution in [0.3, 0.4) is 0 Å². The van der Waals surface area contributed by atoms with Gasteiger partial charge in [-0.2, -0.15) is 0 Å². The molecule has 92 valence electrons. The van der Waals surface area contributed by atoms with Gasteiger partial charge in [0.05, 0.1) is 17.9 Å². The standard InChI is InChI=1S/C12H16BrN3O/c1-8(6-14)16-7-12(17)15(2)10-4-3-9(13)5-11(10)16/h3-5,8H,6-7,14H2,1-2H3. The predicted octanol–water partition coefficient (Wildman–Crippen LogP) is 1.58. The summed E-state index contributed by atoms with van der Waals surface area (Å²) in [6.45, 7) is 2.95. The van der Waals surface area contributed by atoms with Gasteiger partial charge in [-0.15, -0.1) is 0 Å². The van der Waals surface area contributed by atoms with Crippen LogP contribution in [0.2, 0.25) is 0 Å². The Hall–Kier alpha value is -1.07. The van der Waals surface area contributed by atoms with Crippen LogP contribution in [0.1, 0.15) is 6.92 Å². The Kier molecular flexibility index (Phi) is 3.40. The number of carbonyl (C=O) groups is 1. The summed E-state index contributed by atoms with van der Waals surface area (Å²) < 4.78 is 1.01. The van der Waals surface area contributed by atoms with Gasteiger partial charge in [0.1, 0.15) is 0 Å². The highest BCUT2D eigenvalue weighted by Gasteiger charge is 2.29. The largest absolute Gasteiger partial charge is 0.357 e. The average Bonchev–Trinajstić information content (AvgIpc) is 2.32. The van der Waals surface area contributed by atoms with E-state index in [1.165, 1.54) is 0 Å². The van der Waals surface area contributed by atoms with Crippen LogP contribution >= 0.6 is 15.9 Å². The highest BCUT2D eigenvalue weighted by molar-refractivity contribution is 9.10. The number of nitrogens with two attached hydrogens (primary N) is 1. The number of carbonyl (C=O) groups excluding carboxylic acids is 1. The van der Waals surface area contributed by atoms with E-state index in [2.05, 4.69) is 20.8 Å². The van der Waals surface area contributed by atoms with Crippen LogP contribution in [0.15, 0.2) is 22.7 Å². The molecule has 2 N–H and O–H groups in total. The Morgan fingerprint density at radius 2 is 2.18 bits per heavy atom. The van der Waals surface area contributed by atoms with Crippen molar-refractivity contribution >= 4 is 33.2 Å². The van der Waals surface area contributed by atoms with E-state index in [9.17, 15) is 4.79 Å². The van der Waals surface area contributed by atoms with E-state index < -0.39 is 0 Å². The van der Waals surface area contributed by atoms with Crippen LogP contribution in [0, 0.1) is 0 Å². The third kappa shape index (κ3) is 2.17. The number of halogens is 1. The van der Waals surface area contributed by atoms with Crippen LogP contribution in [-0.4, -0.2) is 32.1 Å². The number of hydrogen-bond donors (Lipinski definition) is 1. The van der Waals surface area contributed by atoms with Gasteiger partial charge in [0.2, 0.25) is 5.91 Å². The zero-order valence-corrected chi connectivity index (χ0v) is 11.6. The summed E-state index contributed by atoms with van der Waals surface area (Å²) in [6, 6.07) is 6.08. The van der Waals surface area contributed by atoms with Crippen LogP contribution in [0.25, 0.3) is 0 Å². The van der Waals surface area contributed by atoms with Crippen LogP contribution in [0.4, 0.5) is 11.4 Å². The fraction of sp³-hybridized carbons (Fsp3) is 0.417. The summed E-state index contributed by atoms with van der Waals surface area (Å²) in [5.74, 6) is 0.0973. The average molecular weight is 298 g/mol. The number of hydrogen-bond acceptors (Lipinski definition) is 3. The number of likely N-dealkylation sites (N-methyl/N-ethyl adjacent to an activating group) is 1. The van der Waals surface area contributed by atoms with E-state index in [1.807, 2.05) is 25.1 Å². The second-order valence-corrected chi connectivity index (χ2v) is 5.21. The smallest absolute Gasteiger partial charge is 0.246 e. The molecule has 1 aromatic rings. The fourth-order valence-corrected chi connectivity index (χ4v) is 2.35. The van der Waals surface area contributed by atoms with Crippen LogP contribution in [-0.2, 0) is 4.79 Å². The van der Waals surface area contributed by atoms with E-state index in [4.69, 9.17) is 5.73 Å². The molecule has 1 heterocycles. The van der Waals surface area contributed by atoms with E-state index in [0.29, 0.717) is 13.1 Å². The SMILES string of the molecule is CC(CN)N1CC(=O)N(C)c2ccc(Br)cc21. The molecule has 0 radical (unpaired) electrons. The molecule has 0 bridgehead atoms. The van der Waals surface area contributed by atoms with Crippen molar-refractivity contribution in [2.45, 2.75) is 13.0 Å². The van der Waals surface area contributed by atoms with Gasteiger partial charge in [-0.3, -0.25) is 4.79 Å². The van der Waals surface area contributed by atoms with Gasteiger partial charge in [-0.25, -0.2) is 0 Å². The molecule has 2 rings (SSSR count). The van der Waals surface area contributed by atoms with Gasteiger partial charge < -0.3 is 15.5 Å². The van der Waals surface area contributed by atoms with E-state index in [-0.39, 0.29) is 11.9 Å². The first-order valence-corrected chi connectivity index (χ1v) is 6.36. The fourth-order valence-electron chi connectivity index (χ4n) is 2.00.